The van der Waals surface area contributed by atoms with Gasteiger partial charge in [-0.2, -0.15) is 0 Å². The Balaban J connectivity index is 1.87. The van der Waals surface area contributed by atoms with Crippen molar-refractivity contribution in [2.45, 2.75) is 26.2 Å². The van der Waals surface area contributed by atoms with E-state index in [1.807, 2.05) is 18.2 Å². The molecule has 0 unspecified atom stereocenters. The van der Waals surface area contributed by atoms with E-state index in [1.165, 1.54) is 16.5 Å². The van der Waals surface area contributed by atoms with Crippen molar-refractivity contribution in [1.29, 1.82) is 0 Å². The van der Waals surface area contributed by atoms with E-state index < -0.39 is 0 Å². The van der Waals surface area contributed by atoms with Gasteiger partial charge in [0.15, 0.2) is 0 Å². The van der Waals surface area contributed by atoms with Crippen molar-refractivity contribution in [3.8, 4) is 11.4 Å². The molecule has 1 aromatic carbocycles. The fraction of sp³-hybridized carbons (Fsp3) is 0.238. The van der Waals surface area contributed by atoms with Crippen molar-refractivity contribution >= 4 is 16.8 Å². The summed E-state index contributed by atoms with van der Waals surface area (Å²) >= 11 is 0. The Hall–Kier alpha value is -2.88. The lowest BCUT2D eigenvalue weighted by molar-refractivity contribution is -0.120. The number of carbonyl (C=O) groups is 1. The third kappa shape index (κ3) is 3.97. The summed E-state index contributed by atoms with van der Waals surface area (Å²) in [5.74, 6) is 0.0651. The van der Waals surface area contributed by atoms with Crippen LogP contribution in [-0.2, 0) is 11.2 Å². The summed E-state index contributed by atoms with van der Waals surface area (Å²) < 4.78 is 0. The van der Waals surface area contributed by atoms with E-state index in [4.69, 9.17) is 0 Å². The standard InChI is InChI=1S/C21H23N3O/c1-3-12-23-20(25)9-6-7-16-17-14-15(2)10-11-18(17)24-21(16)19-8-4-5-13-22-19/h3-5,8,10-11,13-14,24H,1,6-7,9,12H2,2H3,(H,23,25). The van der Waals surface area contributed by atoms with Gasteiger partial charge in [0.05, 0.1) is 11.4 Å². The van der Waals surface area contributed by atoms with Crippen LogP contribution in [0.4, 0.5) is 0 Å². The molecule has 2 N–H and O–H groups in total. The molecule has 3 rings (SSSR count). The summed E-state index contributed by atoms with van der Waals surface area (Å²) in [7, 11) is 0. The van der Waals surface area contributed by atoms with Crippen molar-refractivity contribution in [2.24, 2.45) is 0 Å². The first-order valence-electron chi connectivity index (χ1n) is 8.59. The van der Waals surface area contributed by atoms with Gasteiger partial charge in [-0.3, -0.25) is 9.78 Å². The Bertz CT molecular complexity index is 881. The maximum atomic E-state index is 11.8. The molecular formula is C21H23N3O. The number of nitrogens with one attached hydrogen (secondary N) is 2. The van der Waals surface area contributed by atoms with Gasteiger partial charge in [-0.05, 0) is 49.6 Å². The molecular weight excluding hydrogens is 310 g/mol. The number of hydrogen-bond acceptors (Lipinski definition) is 2. The van der Waals surface area contributed by atoms with Crippen LogP contribution in [0.2, 0.25) is 0 Å². The van der Waals surface area contributed by atoms with E-state index in [0.717, 1.165) is 29.7 Å². The van der Waals surface area contributed by atoms with Crippen molar-refractivity contribution in [3.63, 3.8) is 0 Å². The predicted molar refractivity (Wildman–Crippen MR) is 102 cm³/mol. The van der Waals surface area contributed by atoms with Crippen LogP contribution in [0.15, 0.2) is 55.3 Å². The van der Waals surface area contributed by atoms with E-state index in [1.54, 1.807) is 12.3 Å². The summed E-state index contributed by atoms with van der Waals surface area (Å²) in [6.07, 6.45) is 5.63. The first-order chi connectivity index (χ1) is 12.2. The summed E-state index contributed by atoms with van der Waals surface area (Å²) in [5.41, 5.74) is 5.55. The average Bonchev–Trinajstić information content (AvgIpc) is 2.98. The molecule has 0 bridgehead atoms. The third-order valence-corrected chi connectivity index (χ3v) is 4.26. The number of carbonyl (C=O) groups excluding carboxylic acids is 1. The lowest BCUT2D eigenvalue weighted by Gasteiger charge is -2.06. The van der Waals surface area contributed by atoms with Crippen LogP contribution < -0.4 is 5.32 Å². The summed E-state index contributed by atoms with van der Waals surface area (Å²) in [6.45, 7) is 6.23. The molecule has 0 saturated heterocycles. The molecule has 2 aromatic heterocycles. The highest BCUT2D eigenvalue weighted by Gasteiger charge is 2.14. The Kier molecular flexibility index (Phi) is 5.29. The van der Waals surface area contributed by atoms with E-state index in [9.17, 15) is 4.79 Å². The maximum Gasteiger partial charge on any atom is 0.220 e. The second kappa shape index (κ2) is 7.79. The zero-order valence-electron chi connectivity index (χ0n) is 14.5. The number of rotatable bonds is 7. The highest BCUT2D eigenvalue weighted by Crippen LogP contribution is 2.31. The molecule has 3 aromatic rings. The quantitative estimate of drug-likeness (QED) is 0.638. The smallest absolute Gasteiger partial charge is 0.220 e. The summed E-state index contributed by atoms with van der Waals surface area (Å²) in [4.78, 5) is 19.8. The fourth-order valence-corrected chi connectivity index (χ4v) is 3.05. The number of aromatic nitrogens is 2. The highest BCUT2D eigenvalue weighted by atomic mass is 16.1. The lowest BCUT2D eigenvalue weighted by Crippen LogP contribution is -2.22. The molecule has 0 radical (unpaired) electrons. The number of amides is 1. The lowest BCUT2D eigenvalue weighted by atomic mass is 10.0. The van der Waals surface area contributed by atoms with E-state index in [2.05, 4.69) is 47.0 Å². The van der Waals surface area contributed by atoms with Gasteiger partial charge in [0.25, 0.3) is 0 Å². The van der Waals surface area contributed by atoms with Crippen molar-refractivity contribution in [3.05, 3.63) is 66.4 Å². The Labute approximate surface area is 148 Å². The number of hydrogen-bond donors (Lipinski definition) is 2. The van der Waals surface area contributed by atoms with Crippen molar-refractivity contribution in [2.75, 3.05) is 6.54 Å². The summed E-state index contributed by atoms with van der Waals surface area (Å²) in [6, 6.07) is 12.3. The number of aromatic amines is 1. The molecule has 128 valence electrons. The minimum atomic E-state index is 0.0651. The van der Waals surface area contributed by atoms with Gasteiger partial charge < -0.3 is 10.3 Å². The first-order valence-corrected chi connectivity index (χ1v) is 8.59. The largest absolute Gasteiger partial charge is 0.353 e. The number of H-pyrrole nitrogens is 1. The molecule has 1 amide bonds. The van der Waals surface area contributed by atoms with Crippen molar-refractivity contribution < 1.29 is 4.79 Å². The number of pyridine rings is 1. The molecule has 4 nitrogen and oxygen atoms in total. The summed E-state index contributed by atoms with van der Waals surface area (Å²) in [5, 5.41) is 4.04. The SMILES string of the molecule is C=CCNC(=O)CCCc1c(-c2ccccn2)[nH]c2ccc(C)cc12. The second-order valence-electron chi connectivity index (χ2n) is 6.19. The molecule has 0 aliphatic heterocycles. The zero-order chi connectivity index (χ0) is 17.6. The molecule has 4 heteroatoms. The van der Waals surface area contributed by atoms with Gasteiger partial charge in [0, 0.05) is 30.1 Å². The topological polar surface area (TPSA) is 57.8 Å². The van der Waals surface area contributed by atoms with Gasteiger partial charge in [-0.1, -0.05) is 23.8 Å². The van der Waals surface area contributed by atoms with E-state index in [-0.39, 0.29) is 5.91 Å². The predicted octanol–water partition coefficient (Wildman–Crippen LogP) is 4.16. The third-order valence-electron chi connectivity index (χ3n) is 4.26. The minimum absolute atomic E-state index is 0.0651. The zero-order valence-corrected chi connectivity index (χ0v) is 14.5. The van der Waals surface area contributed by atoms with Crippen LogP contribution >= 0.6 is 0 Å². The molecule has 0 aliphatic carbocycles. The number of nitrogens with zero attached hydrogens (tertiary/aromatic N) is 1. The first kappa shape index (κ1) is 17.0. The Morgan fingerprint density at radius 1 is 1.32 bits per heavy atom. The second-order valence-corrected chi connectivity index (χ2v) is 6.19. The van der Waals surface area contributed by atoms with Crippen molar-refractivity contribution in [1.82, 2.24) is 15.3 Å². The number of fused-ring (bicyclic) bond motifs is 1. The van der Waals surface area contributed by atoms with Crippen LogP contribution in [-0.4, -0.2) is 22.4 Å². The van der Waals surface area contributed by atoms with E-state index >= 15 is 0 Å². The fourth-order valence-electron chi connectivity index (χ4n) is 3.05. The van der Waals surface area contributed by atoms with Crippen LogP contribution in [0.1, 0.15) is 24.0 Å². The molecule has 0 spiro atoms. The van der Waals surface area contributed by atoms with Gasteiger partial charge in [-0.25, -0.2) is 0 Å². The molecule has 0 atom stereocenters. The Morgan fingerprint density at radius 2 is 2.20 bits per heavy atom. The normalized spacial score (nSPS) is 10.8. The van der Waals surface area contributed by atoms with Crippen LogP contribution in [0.3, 0.4) is 0 Å². The van der Waals surface area contributed by atoms with Crippen LogP contribution in [0.5, 0.6) is 0 Å². The monoisotopic (exact) mass is 333 g/mol. The van der Waals surface area contributed by atoms with Crippen LogP contribution in [0.25, 0.3) is 22.3 Å². The molecule has 0 fully saturated rings. The molecule has 0 aliphatic rings. The molecule has 2 heterocycles. The van der Waals surface area contributed by atoms with E-state index in [0.29, 0.717) is 13.0 Å². The Morgan fingerprint density at radius 3 is 2.96 bits per heavy atom. The van der Waals surface area contributed by atoms with Gasteiger partial charge >= 0.3 is 0 Å². The minimum Gasteiger partial charge on any atom is -0.353 e. The maximum absolute atomic E-state index is 11.8. The molecule has 25 heavy (non-hydrogen) atoms. The van der Waals surface area contributed by atoms with Gasteiger partial charge in [0.1, 0.15) is 0 Å². The number of aryl methyl sites for hydroxylation is 2. The highest BCUT2D eigenvalue weighted by molar-refractivity contribution is 5.90. The van der Waals surface area contributed by atoms with Gasteiger partial charge in [-0.15, -0.1) is 6.58 Å². The van der Waals surface area contributed by atoms with Gasteiger partial charge in [0.2, 0.25) is 5.91 Å². The number of benzene rings is 1. The van der Waals surface area contributed by atoms with Crippen LogP contribution in [0, 0.1) is 6.92 Å². The average molecular weight is 333 g/mol. The molecule has 0 saturated carbocycles.